The Morgan fingerprint density at radius 2 is 0.695 bits per heavy atom. The third-order valence-corrected chi connectivity index (χ3v) is 16.5. The number of allylic oxidation sites excluding steroid dienone is 10. The van der Waals surface area contributed by atoms with Crippen molar-refractivity contribution >= 4 is 19.8 Å². The molecule has 0 aromatic heterocycles. The van der Waals surface area contributed by atoms with Crippen LogP contribution in [-0.2, 0) is 32.7 Å². The number of ether oxygens (including phenoxy) is 2. The minimum Gasteiger partial charge on any atom is -0.462 e. The van der Waals surface area contributed by atoms with Crippen LogP contribution in [-0.4, -0.2) is 74.9 Å². The molecule has 0 fully saturated rings. The number of nitrogens with zero attached hydrogens (tertiary/aromatic N) is 1. The lowest BCUT2D eigenvalue weighted by molar-refractivity contribution is -0.870. The molecule has 0 radical (unpaired) electrons. The SMILES string of the molecule is CC/C=C\C/C=C\C/C=C\C/C=C\CCCCCCC(=O)OC(COC(=O)CCCCCCCCCCCCCCCCCCCCCCCCCCCCCCC/C=C\CCCCCCCCCC)COP(=O)(O)OCC[N+](C)(C)C. The third-order valence-electron chi connectivity index (χ3n) is 15.5. The molecule has 10 heteroatoms. The lowest BCUT2D eigenvalue weighted by atomic mass is 10.0. The number of hydrogen-bond donors (Lipinski definition) is 1. The quantitative estimate of drug-likeness (QED) is 0.0211. The van der Waals surface area contributed by atoms with Gasteiger partial charge in [-0.25, -0.2) is 4.57 Å². The van der Waals surface area contributed by atoms with Gasteiger partial charge >= 0.3 is 19.8 Å². The molecular weight excluding hydrogens is 1040 g/mol. The van der Waals surface area contributed by atoms with Gasteiger partial charge in [-0.2, -0.15) is 0 Å². The average molecular weight is 1170 g/mol. The Balaban J connectivity index is 3.86. The number of rotatable bonds is 65. The summed E-state index contributed by atoms with van der Waals surface area (Å²) in [5.41, 5.74) is 0. The van der Waals surface area contributed by atoms with Crippen LogP contribution in [0.1, 0.15) is 335 Å². The molecule has 0 bridgehead atoms. The Bertz CT molecular complexity index is 1570. The predicted octanol–water partition coefficient (Wildman–Crippen LogP) is 22.6. The fraction of sp³-hybridized carbons (Fsp3) is 0.833. The van der Waals surface area contributed by atoms with Crippen molar-refractivity contribution in [2.75, 3.05) is 47.5 Å². The van der Waals surface area contributed by atoms with Crippen LogP contribution in [0.4, 0.5) is 0 Å². The smallest absolute Gasteiger partial charge is 0.462 e. The van der Waals surface area contributed by atoms with Crippen molar-refractivity contribution in [3.8, 4) is 0 Å². The number of carbonyl (C=O) groups is 2. The second-order valence-corrected chi connectivity index (χ2v) is 26.3. The summed E-state index contributed by atoms with van der Waals surface area (Å²) in [5, 5.41) is 0. The van der Waals surface area contributed by atoms with Crippen LogP contribution in [0.25, 0.3) is 0 Å². The highest BCUT2D eigenvalue weighted by Gasteiger charge is 2.27. The zero-order chi connectivity index (χ0) is 59.8. The molecule has 2 unspecified atom stereocenters. The summed E-state index contributed by atoms with van der Waals surface area (Å²) >= 11 is 0. The molecule has 0 spiro atoms. The summed E-state index contributed by atoms with van der Waals surface area (Å²) in [6.45, 7) is 4.32. The maximum atomic E-state index is 12.8. The van der Waals surface area contributed by atoms with E-state index in [9.17, 15) is 19.0 Å². The van der Waals surface area contributed by atoms with Crippen molar-refractivity contribution in [1.29, 1.82) is 0 Å². The van der Waals surface area contributed by atoms with Gasteiger partial charge in [-0.1, -0.05) is 306 Å². The Kier molecular flexibility index (Phi) is 61.5. The van der Waals surface area contributed by atoms with Crippen molar-refractivity contribution in [2.24, 2.45) is 0 Å². The number of likely N-dealkylation sites (N-methyl/N-ethyl adjacent to an activating group) is 1. The number of phosphoric acid groups is 1. The van der Waals surface area contributed by atoms with Crippen LogP contribution in [0.3, 0.4) is 0 Å². The lowest BCUT2D eigenvalue weighted by Gasteiger charge is -2.24. The highest BCUT2D eigenvalue weighted by molar-refractivity contribution is 7.47. The minimum absolute atomic E-state index is 0.0260. The topological polar surface area (TPSA) is 108 Å². The van der Waals surface area contributed by atoms with Crippen molar-refractivity contribution in [1.82, 2.24) is 0 Å². The molecule has 0 saturated carbocycles. The van der Waals surface area contributed by atoms with E-state index in [0.29, 0.717) is 17.4 Å². The second kappa shape index (κ2) is 63.2. The van der Waals surface area contributed by atoms with Gasteiger partial charge in [-0.3, -0.25) is 18.6 Å². The molecular formula is C72H135NO8P+. The van der Waals surface area contributed by atoms with Gasteiger partial charge in [0.05, 0.1) is 27.7 Å². The molecule has 0 amide bonds. The highest BCUT2D eigenvalue weighted by Crippen LogP contribution is 2.43. The van der Waals surface area contributed by atoms with Crippen molar-refractivity contribution in [3.05, 3.63) is 60.8 Å². The van der Waals surface area contributed by atoms with E-state index >= 15 is 0 Å². The van der Waals surface area contributed by atoms with E-state index in [1.54, 1.807) is 0 Å². The monoisotopic (exact) mass is 1170 g/mol. The first-order chi connectivity index (χ1) is 40.0. The van der Waals surface area contributed by atoms with Crippen LogP contribution < -0.4 is 0 Å². The first-order valence-electron chi connectivity index (χ1n) is 35.0. The van der Waals surface area contributed by atoms with Crippen molar-refractivity contribution in [3.63, 3.8) is 0 Å². The van der Waals surface area contributed by atoms with Gasteiger partial charge in [-0.15, -0.1) is 0 Å². The Hall–Kier alpha value is -2.29. The van der Waals surface area contributed by atoms with Crippen molar-refractivity contribution in [2.45, 2.75) is 341 Å². The zero-order valence-electron chi connectivity index (χ0n) is 54.7. The maximum Gasteiger partial charge on any atom is 0.472 e. The standard InChI is InChI=1S/C72H134NO8P/c1-6-8-10-12-14-16-18-20-22-24-25-26-27-28-29-30-31-32-33-34-35-36-37-38-39-40-41-42-43-44-45-46-47-49-50-52-54-56-58-60-62-64-71(74)78-68-70(69-80-82(76,77)79-67-66-73(3,4)5)81-72(75)65-63-61-59-57-55-53-51-48-23-21-19-17-15-13-11-9-7-2/h9,11,15,17,21,23-25,51,53,70H,6-8,10,12-14,16,18-20,22,26-50,52,54-69H2,1-5H3/p+1/b11-9-,17-15-,23-21-,25-24-,53-51-. The normalized spacial score (nSPS) is 13.5. The first kappa shape index (κ1) is 79.7. The fourth-order valence-corrected chi connectivity index (χ4v) is 10.9. The van der Waals surface area contributed by atoms with Gasteiger partial charge in [0.25, 0.3) is 0 Å². The average Bonchev–Trinajstić information content (AvgIpc) is 3.46. The molecule has 2 atom stereocenters. The van der Waals surface area contributed by atoms with E-state index in [4.69, 9.17) is 18.5 Å². The summed E-state index contributed by atoms with van der Waals surface area (Å²) in [5.74, 6) is -0.815. The molecule has 9 nitrogen and oxygen atoms in total. The van der Waals surface area contributed by atoms with Crippen LogP contribution in [0.2, 0.25) is 0 Å². The number of hydrogen-bond acceptors (Lipinski definition) is 7. The molecule has 1 N–H and O–H groups in total. The van der Waals surface area contributed by atoms with Crippen LogP contribution in [0.15, 0.2) is 60.8 Å². The van der Waals surface area contributed by atoms with E-state index in [1.165, 1.54) is 231 Å². The Morgan fingerprint density at radius 1 is 0.390 bits per heavy atom. The molecule has 0 aromatic carbocycles. The number of carbonyl (C=O) groups excluding carboxylic acids is 2. The van der Waals surface area contributed by atoms with Crippen molar-refractivity contribution < 1.29 is 42.1 Å². The summed E-state index contributed by atoms with van der Waals surface area (Å²) in [7, 11) is 1.47. The number of phosphoric ester groups is 1. The number of quaternary nitrogens is 1. The van der Waals surface area contributed by atoms with Gasteiger partial charge in [-0.05, 0) is 77.0 Å². The summed E-state index contributed by atoms with van der Waals surface area (Å²) in [6, 6.07) is 0. The highest BCUT2D eigenvalue weighted by atomic mass is 31.2. The molecule has 0 heterocycles. The molecule has 0 aliphatic heterocycles. The van der Waals surface area contributed by atoms with Crippen LogP contribution in [0.5, 0.6) is 0 Å². The summed E-state index contributed by atoms with van der Waals surface area (Å²) < 4.78 is 34.6. The summed E-state index contributed by atoms with van der Waals surface area (Å²) in [6.07, 6.45) is 83.7. The van der Waals surface area contributed by atoms with Gasteiger partial charge in [0, 0.05) is 12.8 Å². The molecule has 0 saturated heterocycles. The van der Waals surface area contributed by atoms with E-state index in [0.717, 1.165) is 70.6 Å². The molecule has 0 aliphatic rings. The number of unbranched alkanes of at least 4 members (excludes halogenated alkanes) is 41. The third kappa shape index (κ3) is 66.8. The largest absolute Gasteiger partial charge is 0.472 e. The first-order valence-corrected chi connectivity index (χ1v) is 36.5. The zero-order valence-corrected chi connectivity index (χ0v) is 55.6. The fourth-order valence-electron chi connectivity index (χ4n) is 10.2. The number of esters is 2. The van der Waals surface area contributed by atoms with E-state index in [2.05, 4.69) is 74.6 Å². The molecule has 0 rings (SSSR count). The van der Waals surface area contributed by atoms with Gasteiger partial charge in [0.15, 0.2) is 6.10 Å². The Labute approximate surface area is 508 Å². The molecule has 480 valence electrons. The van der Waals surface area contributed by atoms with E-state index in [1.807, 2.05) is 21.1 Å². The molecule has 82 heavy (non-hydrogen) atoms. The van der Waals surface area contributed by atoms with Gasteiger partial charge < -0.3 is 18.9 Å². The lowest BCUT2D eigenvalue weighted by Crippen LogP contribution is -2.37. The van der Waals surface area contributed by atoms with E-state index in [-0.39, 0.29) is 32.0 Å². The second-order valence-electron chi connectivity index (χ2n) is 24.9. The van der Waals surface area contributed by atoms with Gasteiger partial charge in [0.1, 0.15) is 19.8 Å². The molecule has 0 aliphatic carbocycles. The minimum atomic E-state index is -4.40. The Morgan fingerprint density at radius 3 is 1.05 bits per heavy atom. The summed E-state index contributed by atoms with van der Waals surface area (Å²) in [4.78, 5) is 35.7. The maximum absolute atomic E-state index is 12.8. The van der Waals surface area contributed by atoms with Gasteiger partial charge in [0.2, 0.25) is 0 Å². The van der Waals surface area contributed by atoms with Crippen LogP contribution in [0, 0.1) is 0 Å². The van der Waals surface area contributed by atoms with Crippen LogP contribution >= 0.6 is 7.82 Å². The van der Waals surface area contributed by atoms with E-state index < -0.39 is 26.5 Å². The predicted molar refractivity (Wildman–Crippen MR) is 353 cm³/mol. The molecule has 0 aromatic rings.